The summed E-state index contributed by atoms with van der Waals surface area (Å²) >= 11 is 0. The number of fused-ring (bicyclic) bond motifs is 6. The molecule has 8 rings (SSSR count). The highest BCUT2D eigenvalue weighted by Crippen LogP contribution is 2.42. The predicted molar refractivity (Wildman–Crippen MR) is 185 cm³/mol. The first-order valence-corrected chi connectivity index (χ1v) is 15.7. The lowest BCUT2D eigenvalue weighted by Gasteiger charge is -2.22. The summed E-state index contributed by atoms with van der Waals surface area (Å²) in [5.74, 6) is 1.38. The fourth-order valence-electron chi connectivity index (χ4n) is 6.75. The number of rotatable bonds is 5. The van der Waals surface area contributed by atoms with Gasteiger partial charge in [0.05, 0.1) is 16.8 Å². The van der Waals surface area contributed by atoms with Crippen LogP contribution in [0.1, 0.15) is 56.2 Å². The number of hydrogen-bond donors (Lipinski definition) is 0. The third-order valence-electron chi connectivity index (χ3n) is 9.03. The number of imidazole rings is 1. The molecule has 0 amide bonds. The van der Waals surface area contributed by atoms with Crippen LogP contribution in [0.15, 0.2) is 108 Å². The SMILES string of the molecule is Cc1ccccc1-c1ccc2c(c1)oc1c(-c3nc4c5ccccc5nnc4n3-c3c(C(C)C)cccc3C(C)C)cccc12. The molecule has 8 aromatic rings. The largest absolute Gasteiger partial charge is 0.455 e. The van der Waals surface area contributed by atoms with E-state index in [1.165, 1.54) is 22.3 Å². The van der Waals surface area contributed by atoms with Crippen LogP contribution in [0, 0.1) is 6.92 Å². The fraction of sp³-hybridized carbons (Fsp3) is 0.175. The molecule has 0 spiro atoms. The van der Waals surface area contributed by atoms with Crippen molar-refractivity contribution in [3.8, 4) is 28.2 Å². The number of nitrogens with zero attached hydrogens (tertiary/aromatic N) is 4. The van der Waals surface area contributed by atoms with Crippen LogP contribution < -0.4 is 0 Å². The molecule has 0 aliphatic rings. The van der Waals surface area contributed by atoms with E-state index in [4.69, 9.17) is 14.5 Å². The average molecular weight is 587 g/mol. The minimum absolute atomic E-state index is 0.291. The molecule has 0 unspecified atom stereocenters. The van der Waals surface area contributed by atoms with Crippen molar-refractivity contribution in [1.82, 2.24) is 19.7 Å². The lowest BCUT2D eigenvalue weighted by atomic mass is 9.92. The first-order chi connectivity index (χ1) is 21.9. The summed E-state index contributed by atoms with van der Waals surface area (Å²) in [6.45, 7) is 11.1. The van der Waals surface area contributed by atoms with Gasteiger partial charge in [-0.3, -0.25) is 4.57 Å². The van der Waals surface area contributed by atoms with Gasteiger partial charge >= 0.3 is 0 Å². The topological polar surface area (TPSA) is 56.7 Å². The average Bonchev–Trinajstić information content (AvgIpc) is 3.63. The van der Waals surface area contributed by atoms with Gasteiger partial charge in [-0.15, -0.1) is 10.2 Å². The minimum atomic E-state index is 0.291. The van der Waals surface area contributed by atoms with Gasteiger partial charge < -0.3 is 4.42 Å². The third-order valence-corrected chi connectivity index (χ3v) is 9.03. The number of hydrogen-bond acceptors (Lipinski definition) is 4. The number of benzene rings is 5. The van der Waals surface area contributed by atoms with Crippen molar-refractivity contribution in [1.29, 1.82) is 0 Å². The molecule has 0 aliphatic carbocycles. The van der Waals surface area contributed by atoms with Gasteiger partial charge in [-0.1, -0.05) is 107 Å². The molecule has 0 bridgehead atoms. The van der Waals surface area contributed by atoms with Gasteiger partial charge in [0.2, 0.25) is 0 Å². The lowest BCUT2D eigenvalue weighted by Crippen LogP contribution is -2.09. The van der Waals surface area contributed by atoms with E-state index >= 15 is 0 Å². The molecular formula is C40H34N4O. The van der Waals surface area contributed by atoms with E-state index in [1.54, 1.807) is 0 Å². The van der Waals surface area contributed by atoms with Crippen molar-refractivity contribution in [2.24, 2.45) is 0 Å². The summed E-state index contributed by atoms with van der Waals surface area (Å²) < 4.78 is 9.02. The summed E-state index contributed by atoms with van der Waals surface area (Å²) in [6.07, 6.45) is 0. The van der Waals surface area contributed by atoms with Gasteiger partial charge in [-0.25, -0.2) is 4.98 Å². The Morgan fingerprint density at radius 2 is 1.33 bits per heavy atom. The second-order valence-electron chi connectivity index (χ2n) is 12.6. The van der Waals surface area contributed by atoms with Gasteiger partial charge in [-0.05, 0) is 70.8 Å². The van der Waals surface area contributed by atoms with E-state index in [1.807, 2.05) is 18.2 Å². The molecule has 0 aliphatic heterocycles. The van der Waals surface area contributed by atoms with Crippen molar-refractivity contribution in [3.63, 3.8) is 0 Å². The zero-order valence-corrected chi connectivity index (χ0v) is 26.2. The Morgan fingerprint density at radius 1 is 0.644 bits per heavy atom. The summed E-state index contributed by atoms with van der Waals surface area (Å²) in [6, 6.07) is 36.1. The molecule has 45 heavy (non-hydrogen) atoms. The fourth-order valence-corrected chi connectivity index (χ4v) is 6.75. The number of furan rings is 1. The van der Waals surface area contributed by atoms with Gasteiger partial charge in [-0.2, -0.15) is 0 Å². The molecule has 0 saturated carbocycles. The summed E-state index contributed by atoms with van der Waals surface area (Å²) in [4.78, 5) is 5.39. The van der Waals surface area contributed by atoms with Gasteiger partial charge in [0.1, 0.15) is 16.7 Å². The number of para-hydroxylation sites is 2. The zero-order chi connectivity index (χ0) is 30.8. The lowest BCUT2D eigenvalue weighted by molar-refractivity contribution is 0.669. The molecule has 5 nitrogen and oxygen atoms in total. The van der Waals surface area contributed by atoms with Crippen LogP contribution in [-0.2, 0) is 0 Å². The van der Waals surface area contributed by atoms with Crippen LogP contribution in [0.2, 0.25) is 0 Å². The van der Waals surface area contributed by atoms with Crippen LogP contribution in [0.4, 0.5) is 0 Å². The first kappa shape index (κ1) is 27.3. The van der Waals surface area contributed by atoms with Crippen molar-refractivity contribution in [2.75, 3.05) is 0 Å². The highest BCUT2D eigenvalue weighted by molar-refractivity contribution is 6.11. The van der Waals surface area contributed by atoms with Crippen LogP contribution in [0.5, 0.6) is 0 Å². The van der Waals surface area contributed by atoms with Gasteiger partial charge in [0.15, 0.2) is 11.5 Å². The third kappa shape index (κ3) is 4.26. The highest BCUT2D eigenvalue weighted by atomic mass is 16.3. The molecule has 0 atom stereocenters. The van der Waals surface area contributed by atoms with Crippen LogP contribution >= 0.6 is 0 Å². The Balaban J connectivity index is 1.47. The van der Waals surface area contributed by atoms with Crippen molar-refractivity contribution >= 4 is 44.0 Å². The predicted octanol–water partition coefficient (Wildman–Crippen LogP) is 10.8. The maximum Gasteiger partial charge on any atom is 0.188 e. The first-order valence-electron chi connectivity index (χ1n) is 15.7. The quantitative estimate of drug-likeness (QED) is 0.201. The van der Waals surface area contributed by atoms with Crippen LogP contribution in [-0.4, -0.2) is 19.7 Å². The van der Waals surface area contributed by atoms with E-state index in [0.29, 0.717) is 11.8 Å². The maximum atomic E-state index is 6.78. The summed E-state index contributed by atoms with van der Waals surface area (Å²) in [5.41, 5.74) is 12.2. The normalized spacial score (nSPS) is 12.1. The van der Waals surface area contributed by atoms with Crippen LogP contribution in [0.3, 0.4) is 0 Å². The van der Waals surface area contributed by atoms with Gasteiger partial charge in [0, 0.05) is 16.2 Å². The Kier molecular flexibility index (Phi) is 6.31. The van der Waals surface area contributed by atoms with Crippen molar-refractivity contribution in [3.05, 3.63) is 120 Å². The minimum Gasteiger partial charge on any atom is -0.455 e. The Labute approximate surface area is 262 Å². The van der Waals surface area contributed by atoms with Gasteiger partial charge in [0.25, 0.3) is 0 Å². The standard InChI is InChI=1S/C40H34N4O/c1-23(2)27-15-10-16-28(24(3)4)37(27)44-39(41-36-32-14-8-9-19-34(32)42-43-40(36)44)33-18-11-17-31-30-21-20-26(22-35(30)45-38(31)33)29-13-7-6-12-25(29)5/h6-24H,1-5H3. The Morgan fingerprint density at radius 3 is 2.11 bits per heavy atom. The maximum absolute atomic E-state index is 6.78. The molecule has 3 aromatic heterocycles. The summed E-state index contributed by atoms with van der Waals surface area (Å²) in [5, 5.41) is 12.6. The highest BCUT2D eigenvalue weighted by Gasteiger charge is 2.26. The molecule has 0 radical (unpaired) electrons. The zero-order valence-electron chi connectivity index (χ0n) is 26.2. The van der Waals surface area contributed by atoms with Crippen molar-refractivity contribution in [2.45, 2.75) is 46.5 Å². The molecule has 5 aromatic carbocycles. The molecule has 0 N–H and O–H groups in total. The molecular weight excluding hydrogens is 552 g/mol. The molecule has 0 fully saturated rings. The van der Waals surface area contributed by atoms with E-state index in [-0.39, 0.29) is 0 Å². The van der Waals surface area contributed by atoms with E-state index in [9.17, 15) is 0 Å². The smallest absolute Gasteiger partial charge is 0.188 e. The van der Waals surface area contributed by atoms with Crippen LogP contribution in [0.25, 0.3) is 72.2 Å². The number of aryl methyl sites for hydroxylation is 1. The van der Waals surface area contributed by atoms with E-state index in [0.717, 1.165) is 66.6 Å². The summed E-state index contributed by atoms with van der Waals surface area (Å²) in [7, 11) is 0. The molecule has 0 saturated heterocycles. The second-order valence-corrected chi connectivity index (χ2v) is 12.6. The monoisotopic (exact) mass is 586 g/mol. The Hall–Kier alpha value is -5.29. The van der Waals surface area contributed by atoms with E-state index < -0.39 is 0 Å². The Bertz CT molecular complexity index is 2380. The van der Waals surface area contributed by atoms with Crippen molar-refractivity contribution < 1.29 is 4.42 Å². The number of aromatic nitrogens is 4. The molecule has 3 heterocycles. The second kappa shape index (κ2) is 10.4. The molecule has 5 heteroatoms. The van der Waals surface area contributed by atoms with E-state index in [2.05, 4.69) is 129 Å². The molecule has 220 valence electrons.